The maximum Gasteiger partial charge on any atom is 0.215 e. The third kappa shape index (κ3) is 3.38. The van der Waals surface area contributed by atoms with Gasteiger partial charge in [0.15, 0.2) is 5.69 Å². The molecule has 5 heteroatoms. The summed E-state index contributed by atoms with van der Waals surface area (Å²) in [5.74, 6) is -0.616. The second-order valence-corrected chi connectivity index (χ2v) is 6.27. The Hall–Kier alpha value is -3.86. The highest BCUT2D eigenvalue weighted by atomic mass is 16.1. The third-order valence-corrected chi connectivity index (χ3v) is 4.43. The van der Waals surface area contributed by atoms with Crippen LogP contribution in [0.4, 0.5) is 0 Å². The summed E-state index contributed by atoms with van der Waals surface area (Å²) >= 11 is 0. The fraction of sp³-hybridized carbons (Fsp3) is 0.0435. The Morgan fingerprint density at radius 1 is 0.714 bits per heavy atom. The minimum absolute atomic E-state index is 0.0547. The van der Waals surface area contributed by atoms with Crippen LogP contribution in [0.3, 0.4) is 0 Å². The molecule has 2 aromatic carbocycles. The highest BCUT2D eigenvalue weighted by molar-refractivity contribution is 6.17. The molecule has 1 aliphatic carbocycles. The topological polar surface area (TPSA) is 64.8 Å². The summed E-state index contributed by atoms with van der Waals surface area (Å²) in [6, 6.07) is 17.3. The van der Waals surface area contributed by atoms with E-state index in [0.717, 1.165) is 0 Å². The standard InChI is InChI=1S/C23H17N3O2/c27-22(17-11-5-3-6-12-17)20-21(23(28)18-13-7-4-8-14-18)26(25-24-20)19-15-9-1-2-10-16-19/h1-16,19H. The second-order valence-electron chi connectivity index (χ2n) is 6.27. The first-order chi connectivity index (χ1) is 13.8. The molecule has 3 aromatic rings. The maximum absolute atomic E-state index is 13.3. The fourth-order valence-electron chi connectivity index (χ4n) is 3.03. The van der Waals surface area contributed by atoms with Crippen molar-refractivity contribution in [1.29, 1.82) is 0 Å². The number of rotatable bonds is 5. The van der Waals surface area contributed by atoms with Crippen molar-refractivity contribution >= 4 is 11.6 Å². The lowest BCUT2D eigenvalue weighted by atomic mass is 10.0. The average Bonchev–Trinajstić information content (AvgIpc) is 3.01. The molecule has 0 saturated heterocycles. The van der Waals surface area contributed by atoms with Crippen LogP contribution in [0.2, 0.25) is 0 Å². The Bertz CT molecular complexity index is 1080. The molecule has 0 N–H and O–H groups in total. The predicted molar refractivity (Wildman–Crippen MR) is 106 cm³/mol. The molecule has 0 amide bonds. The van der Waals surface area contributed by atoms with Crippen molar-refractivity contribution < 1.29 is 9.59 Å². The summed E-state index contributed by atoms with van der Waals surface area (Å²) in [7, 11) is 0. The van der Waals surface area contributed by atoms with Gasteiger partial charge in [-0.25, -0.2) is 4.68 Å². The number of ketones is 2. The van der Waals surface area contributed by atoms with E-state index >= 15 is 0 Å². The van der Waals surface area contributed by atoms with Crippen LogP contribution in [0.25, 0.3) is 0 Å². The molecular formula is C23H17N3O2. The summed E-state index contributed by atoms with van der Waals surface area (Å²) < 4.78 is 1.51. The summed E-state index contributed by atoms with van der Waals surface area (Å²) in [6.45, 7) is 0. The van der Waals surface area contributed by atoms with Crippen molar-refractivity contribution in [2.24, 2.45) is 0 Å². The first kappa shape index (κ1) is 17.5. The largest absolute Gasteiger partial charge is 0.287 e. The van der Waals surface area contributed by atoms with E-state index in [2.05, 4.69) is 10.3 Å². The van der Waals surface area contributed by atoms with E-state index in [0.29, 0.717) is 11.1 Å². The second kappa shape index (κ2) is 7.80. The molecule has 0 saturated carbocycles. The first-order valence-corrected chi connectivity index (χ1v) is 8.92. The highest BCUT2D eigenvalue weighted by Gasteiger charge is 2.28. The number of carbonyl (C=O) groups excluding carboxylic acids is 2. The molecule has 0 spiro atoms. The molecule has 28 heavy (non-hydrogen) atoms. The van der Waals surface area contributed by atoms with Crippen LogP contribution in [0.15, 0.2) is 97.1 Å². The van der Waals surface area contributed by atoms with Crippen molar-refractivity contribution in [2.75, 3.05) is 0 Å². The zero-order chi connectivity index (χ0) is 19.3. The zero-order valence-electron chi connectivity index (χ0n) is 15.0. The number of hydrogen-bond donors (Lipinski definition) is 0. The van der Waals surface area contributed by atoms with E-state index in [-0.39, 0.29) is 29.0 Å². The predicted octanol–water partition coefficient (Wildman–Crippen LogP) is 3.96. The lowest BCUT2D eigenvalue weighted by Crippen LogP contribution is -2.18. The monoisotopic (exact) mass is 367 g/mol. The fourth-order valence-corrected chi connectivity index (χ4v) is 3.03. The number of nitrogens with zero attached hydrogens (tertiary/aromatic N) is 3. The Morgan fingerprint density at radius 3 is 1.82 bits per heavy atom. The lowest BCUT2D eigenvalue weighted by molar-refractivity contribution is 0.0995. The Labute approximate surface area is 162 Å². The van der Waals surface area contributed by atoms with Crippen LogP contribution in [0.5, 0.6) is 0 Å². The molecule has 0 aliphatic heterocycles. The summed E-state index contributed by atoms with van der Waals surface area (Å²) in [5, 5.41) is 8.27. The molecule has 5 nitrogen and oxygen atoms in total. The van der Waals surface area contributed by atoms with E-state index < -0.39 is 0 Å². The number of carbonyl (C=O) groups is 2. The van der Waals surface area contributed by atoms with Gasteiger partial charge in [-0.3, -0.25) is 9.59 Å². The Balaban J connectivity index is 1.85. The Morgan fingerprint density at radius 2 is 1.25 bits per heavy atom. The average molecular weight is 367 g/mol. The van der Waals surface area contributed by atoms with Gasteiger partial charge < -0.3 is 0 Å². The van der Waals surface area contributed by atoms with Crippen molar-refractivity contribution in [3.05, 3.63) is 120 Å². The smallest absolute Gasteiger partial charge is 0.215 e. The highest BCUT2D eigenvalue weighted by Crippen LogP contribution is 2.22. The van der Waals surface area contributed by atoms with Crippen LogP contribution in [-0.2, 0) is 0 Å². The first-order valence-electron chi connectivity index (χ1n) is 8.92. The number of benzene rings is 2. The molecule has 0 radical (unpaired) electrons. The van der Waals surface area contributed by atoms with Crippen molar-refractivity contribution in [3.8, 4) is 0 Å². The molecule has 0 unspecified atom stereocenters. The van der Waals surface area contributed by atoms with Gasteiger partial charge in [0.1, 0.15) is 5.69 Å². The van der Waals surface area contributed by atoms with Crippen LogP contribution in [0.1, 0.15) is 38.1 Å². The molecule has 1 aliphatic rings. The van der Waals surface area contributed by atoms with Gasteiger partial charge in [0.05, 0.1) is 6.04 Å². The molecule has 0 atom stereocenters. The van der Waals surface area contributed by atoms with E-state index in [4.69, 9.17) is 0 Å². The molecule has 1 heterocycles. The van der Waals surface area contributed by atoms with Gasteiger partial charge in [0.25, 0.3) is 0 Å². The van der Waals surface area contributed by atoms with Gasteiger partial charge in [-0.15, -0.1) is 5.10 Å². The molecule has 4 rings (SSSR count). The third-order valence-electron chi connectivity index (χ3n) is 4.43. The van der Waals surface area contributed by atoms with Gasteiger partial charge in [-0.2, -0.15) is 0 Å². The quantitative estimate of drug-likeness (QED) is 0.640. The van der Waals surface area contributed by atoms with E-state index in [9.17, 15) is 9.59 Å². The lowest BCUT2D eigenvalue weighted by Gasteiger charge is -2.12. The minimum Gasteiger partial charge on any atom is -0.287 e. The number of aromatic nitrogens is 3. The summed E-state index contributed by atoms with van der Waals surface area (Å²) in [5.41, 5.74) is 1.18. The zero-order valence-corrected chi connectivity index (χ0v) is 15.0. The number of allylic oxidation sites excluding steroid dienone is 6. The van der Waals surface area contributed by atoms with Crippen LogP contribution < -0.4 is 0 Å². The minimum atomic E-state index is -0.328. The molecule has 1 aromatic heterocycles. The molecule has 0 bridgehead atoms. The van der Waals surface area contributed by atoms with E-state index in [1.54, 1.807) is 48.5 Å². The van der Waals surface area contributed by atoms with Crippen molar-refractivity contribution in [1.82, 2.24) is 15.0 Å². The SMILES string of the molecule is O=C(c1ccccc1)c1nnn(C2C=CC=CC=C2)c1C(=O)c1ccccc1. The van der Waals surface area contributed by atoms with E-state index in [1.807, 2.05) is 48.6 Å². The molecular weight excluding hydrogens is 350 g/mol. The maximum atomic E-state index is 13.3. The molecule has 0 fully saturated rings. The van der Waals surface area contributed by atoms with Crippen molar-refractivity contribution in [3.63, 3.8) is 0 Å². The van der Waals surface area contributed by atoms with Crippen LogP contribution in [-0.4, -0.2) is 26.6 Å². The van der Waals surface area contributed by atoms with Crippen molar-refractivity contribution in [2.45, 2.75) is 6.04 Å². The van der Waals surface area contributed by atoms with Gasteiger partial charge in [0, 0.05) is 11.1 Å². The number of hydrogen-bond acceptors (Lipinski definition) is 4. The normalized spacial score (nSPS) is 13.4. The van der Waals surface area contributed by atoms with Gasteiger partial charge in [0.2, 0.25) is 11.6 Å². The summed E-state index contributed by atoms with van der Waals surface area (Å²) in [6.07, 6.45) is 11.3. The van der Waals surface area contributed by atoms with Gasteiger partial charge in [-0.05, 0) is 0 Å². The van der Waals surface area contributed by atoms with Gasteiger partial charge in [-0.1, -0.05) is 102 Å². The van der Waals surface area contributed by atoms with Crippen LogP contribution >= 0.6 is 0 Å². The summed E-state index contributed by atoms with van der Waals surface area (Å²) in [4.78, 5) is 26.3. The van der Waals surface area contributed by atoms with Crippen LogP contribution in [0, 0.1) is 0 Å². The van der Waals surface area contributed by atoms with Gasteiger partial charge >= 0.3 is 0 Å². The Kier molecular flexibility index (Phi) is 4.89. The molecule has 136 valence electrons. The van der Waals surface area contributed by atoms with E-state index in [1.165, 1.54) is 4.68 Å².